The summed E-state index contributed by atoms with van der Waals surface area (Å²) in [7, 11) is 0. The second-order valence-corrected chi connectivity index (χ2v) is 5.75. The zero-order valence-electron chi connectivity index (χ0n) is 12.3. The van der Waals surface area contributed by atoms with Gasteiger partial charge >= 0.3 is 0 Å². The molecular formula is C15H17N5O. The first-order chi connectivity index (χ1) is 9.90. The number of nitrogens with zero attached hydrogens (tertiary/aromatic N) is 3. The van der Waals surface area contributed by atoms with E-state index in [9.17, 15) is 4.79 Å². The summed E-state index contributed by atoms with van der Waals surface area (Å²) in [5.41, 5.74) is 1.32. The highest BCUT2D eigenvalue weighted by Gasteiger charge is 2.21. The summed E-state index contributed by atoms with van der Waals surface area (Å²) >= 11 is 0. The molecule has 0 aliphatic heterocycles. The number of aromatic amines is 1. The largest absolute Gasteiger partial charge is 0.345 e. The Kier molecular flexibility index (Phi) is 4.03. The van der Waals surface area contributed by atoms with Gasteiger partial charge in [-0.2, -0.15) is 5.26 Å². The standard InChI is InChI=1S/C15H17N5O/c1-15(2,3)14-18-12(19-20-14)13(21)17-9-11-6-4-10(8-16)5-7-11/h4-7H,9H2,1-3H3,(H,17,21)(H,18,19,20). The number of H-pyrrole nitrogens is 1. The maximum atomic E-state index is 12.0. The van der Waals surface area contributed by atoms with Crippen LogP contribution in [0.1, 0.15) is 48.3 Å². The van der Waals surface area contributed by atoms with E-state index in [1.54, 1.807) is 24.3 Å². The molecule has 0 saturated carbocycles. The third-order valence-electron chi connectivity index (χ3n) is 2.94. The molecule has 1 aromatic heterocycles. The van der Waals surface area contributed by atoms with Crippen molar-refractivity contribution < 1.29 is 4.79 Å². The normalized spacial score (nSPS) is 11.0. The number of nitrogens with one attached hydrogen (secondary N) is 2. The number of hydrogen-bond donors (Lipinski definition) is 2. The maximum absolute atomic E-state index is 12.0. The molecule has 108 valence electrons. The summed E-state index contributed by atoms with van der Waals surface area (Å²) in [6.07, 6.45) is 0. The predicted octanol–water partition coefficient (Wildman–Crippen LogP) is 1.90. The van der Waals surface area contributed by atoms with E-state index in [1.165, 1.54) is 0 Å². The summed E-state index contributed by atoms with van der Waals surface area (Å²) < 4.78 is 0. The Morgan fingerprint density at radius 3 is 2.52 bits per heavy atom. The average Bonchev–Trinajstić information content (AvgIpc) is 2.95. The molecule has 0 aliphatic rings. The Bertz CT molecular complexity index is 673. The number of nitriles is 1. The van der Waals surface area contributed by atoms with Gasteiger partial charge in [0.1, 0.15) is 5.82 Å². The van der Waals surface area contributed by atoms with Gasteiger partial charge in [-0.25, -0.2) is 4.98 Å². The lowest BCUT2D eigenvalue weighted by molar-refractivity contribution is 0.0941. The minimum atomic E-state index is -0.328. The van der Waals surface area contributed by atoms with E-state index in [-0.39, 0.29) is 17.1 Å². The van der Waals surface area contributed by atoms with Gasteiger partial charge < -0.3 is 5.32 Å². The van der Waals surface area contributed by atoms with E-state index in [0.29, 0.717) is 17.9 Å². The molecule has 0 unspecified atom stereocenters. The molecule has 0 aliphatic carbocycles. The third kappa shape index (κ3) is 3.66. The predicted molar refractivity (Wildman–Crippen MR) is 77.4 cm³/mol. The Morgan fingerprint density at radius 2 is 2.00 bits per heavy atom. The van der Waals surface area contributed by atoms with Crippen LogP contribution in [0.5, 0.6) is 0 Å². The van der Waals surface area contributed by atoms with Crippen LogP contribution in [-0.2, 0) is 12.0 Å². The highest BCUT2D eigenvalue weighted by molar-refractivity contribution is 5.90. The molecule has 0 saturated heterocycles. The Labute approximate surface area is 123 Å². The molecule has 2 rings (SSSR count). The van der Waals surface area contributed by atoms with Crippen LogP contribution in [0.2, 0.25) is 0 Å². The first kappa shape index (κ1) is 14.7. The van der Waals surface area contributed by atoms with E-state index in [4.69, 9.17) is 5.26 Å². The molecular weight excluding hydrogens is 266 g/mol. The second-order valence-electron chi connectivity index (χ2n) is 5.75. The second kappa shape index (κ2) is 5.75. The number of rotatable bonds is 3. The molecule has 0 spiro atoms. The van der Waals surface area contributed by atoms with Crippen molar-refractivity contribution in [3.05, 3.63) is 47.0 Å². The van der Waals surface area contributed by atoms with Crippen LogP contribution in [0.25, 0.3) is 0 Å². The van der Waals surface area contributed by atoms with Crippen molar-refractivity contribution in [3.8, 4) is 6.07 Å². The summed E-state index contributed by atoms with van der Waals surface area (Å²) in [5, 5.41) is 18.2. The van der Waals surface area contributed by atoms with Gasteiger partial charge in [0, 0.05) is 12.0 Å². The van der Waals surface area contributed by atoms with Crippen LogP contribution in [0.3, 0.4) is 0 Å². The molecule has 2 N–H and O–H groups in total. The third-order valence-corrected chi connectivity index (χ3v) is 2.94. The number of carbonyl (C=O) groups is 1. The number of carbonyl (C=O) groups excluding carboxylic acids is 1. The van der Waals surface area contributed by atoms with Gasteiger partial charge in [0.15, 0.2) is 0 Å². The molecule has 1 amide bonds. The fourth-order valence-electron chi connectivity index (χ4n) is 1.66. The van der Waals surface area contributed by atoms with Crippen LogP contribution >= 0.6 is 0 Å². The first-order valence-electron chi connectivity index (χ1n) is 6.60. The van der Waals surface area contributed by atoms with Crippen molar-refractivity contribution in [1.82, 2.24) is 20.5 Å². The van der Waals surface area contributed by atoms with Gasteiger partial charge in [-0.3, -0.25) is 9.89 Å². The zero-order valence-corrected chi connectivity index (χ0v) is 12.3. The molecule has 1 aromatic carbocycles. The fraction of sp³-hybridized carbons (Fsp3) is 0.333. The topological polar surface area (TPSA) is 94.5 Å². The van der Waals surface area contributed by atoms with Crippen molar-refractivity contribution in [2.75, 3.05) is 0 Å². The highest BCUT2D eigenvalue weighted by Crippen LogP contribution is 2.17. The van der Waals surface area contributed by atoms with E-state index < -0.39 is 0 Å². The average molecular weight is 283 g/mol. The van der Waals surface area contributed by atoms with Crippen LogP contribution < -0.4 is 5.32 Å². The summed E-state index contributed by atoms with van der Waals surface area (Å²) in [6.45, 7) is 6.34. The van der Waals surface area contributed by atoms with E-state index in [1.807, 2.05) is 20.8 Å². The minimum Gasteiger partial charge on any atom is -0.345 e. The van der Waals surface area contributed by atoms with Gasteiger partial charge in [-0.15, -0.1) is 5.10 Å². The van der Waals surface area contributed by atoms with Crippen LogP contribution in [0.15, 0.2) is 24.3 Å². The molecule has 21 heavy (non-hydrogen) atoms. The van der Waals surface area contributed by atoms with Crippen molar-refractivity contribution >= 4 is 5.91 Å². The minimum absolute atomic E-state index is 0.133. The Balaban J connectivity index is 1.98. The maximum Gasteiger partial charge on any atom is 0.291 e. The Hall–Kier alpha value is -2.68. The molecule has 0 bridgehead atoms. The quantitative estimate of drug-likeness (QED) is 0.899. The lowest BCUT2D eigenvalue weighted by Crippen LogP contribution is -2.24. The molecule has 6 nitrogen and oxygen atoms in total. The molecule has 0 radical (unpaired) electrons. The smallest absolute Gasteiger partial charge is 0.291 e. The van der Waals surface area contributed by atoms with E-state index in [0.717, 1.165) is 5.56 Å². The molecule has 2 aromatic rings. The molecule has 0 fully saturated rings. The van der Waals surface area contributed by atoms with Crippen molar-refractivity contribution in [1.29, 1.82) is 5.26 Å². The SMILES string of the molecule is CC(C)(C)c1nc(C(=O)NCc2ccc(C#N)cc2)n[nH]1. The van der Waals surface area contributed by atoms with Crippen molar-refractivity contribution in [3.63, 3.8) is 0 Å². The van der Waals surface area contributed by atoms with Gasteiger partial charge in [-0.05, 0) is 17.7 Å². The summed E-state index contributed by atoms with van der Waals surface area (Å²) in [4.78, 5) is 16.2. The number of amides is 1. The van der Waals surface area contributed by atoms with Gasteiger partial charge in [0.25, 0.3) is 5.91 Å². The van der Waals surface area contributed by atoms with Crippen LogP contribution in [-0.4, -0.2) is 21.1 Å². The van der Waals surface area contributed by atoms with Gasteiger partial charge in [0.05, 0.1) is 11.6 Å². The molecule has 0 atom stereocenters. The van der Waals surface area contributed by atoms with Crippen LogP contribution in [0.4, 0.5) is 0 Å². The summed E-state index contributed by atoms with van der Waals surface area (Å²) in [5.74, 6) is 0.478. The summed E-state index contributed by atoms with van der Waals surface area (Å²) in [6, 6.07) is 9.08. The van der Waals surface area contributed by atoms with E-state index >= 15 is 0 Å². The van der Waals surface area contributed by atoms with Crippen molar-refractivity contribution in [2.24, 2.45) is 0 Å². The van der Waals surface area contributed by atoms with E-state index in [2.05, 4.69) is 26.6 Å². The van der Waals surface area contributed by atoms with Crippen molar-refractivity contribution in [2.45, 2.75) is 32.7 Å². The molecule has 1 heterocycles. The van der Waals surface area contributed by atoms with Gasteiger partial charge in [0.2, 0.25) is 5.82 Å². The monoisotopic (exact) mass is 283 g/mol. The number of aromatic nitrogens is 3. The highest BCUT2D eigenvalue weighted by atomic mass is 16.2. The van der Waals surface area contributed by atoms with Gasteiger partial charge in [-0.1, -0.05) is 32.9 Å². The number of hydrogen-bond acceptors (Lipinski definition) is 4. The first-order valence-corrected chi connectivity index (χ1v) is 6.60. The van der Waals surface area contributed by atoms with Crippen LogP contribution in [0, 0.1) is 11.3 Å². The Morgan fingerprint density at radius 1 is 1.33 bits per heavy atom. The molecule has 6 heteroatoms. The lowest BCUT2D eigenvalue weighted by atomic mass is 9.96. The fourth-order valence-corrected chi connectivity index (χ4v) is 1.66. The lowest BCUT2D eigenvalue weighted by Gasteiger charge is -2.12. The zero-order chi connectivity index (χ0) is 15.5. The number of benzene rings is 1.